The molecule has 0 unspecified atom stereocenters. The van der Waals surface area contributed by atoms with Crippen molar-refractivity contribution in [2.75, 3.05) is 0 Å². The molecule has 0 aromatic heterocycles. The Kier molecular flexibility index (Phi) is 7.00. The first-order valence-electron chi connectivity index (χ1n) is 3.32. The fourth-order valence-corrected chi connectivity index (χ4v) is 33.4. The van der Waals surface area contributed by atoms with Gasteiger partial charge in [-0.2, -0.15) is 0 Å². The van der Waals surface area contributed by atoms with E-state index in [1.165, 1.54) is 0 Å². The van der Waals surface area contributed by atoms with Crippen LogP contribution >= 0.6 is 0 Å². The third-order valence-electron chi connectivity index (χ3n) is 1.42. The van der Waals surface area contributed by atoms with Crippen LogP contribution in [-0.2, 0) is 8.33 Å². The van der Waals surface area contributed by atoms with Gasteiger partial charge in [0.15, 0.2) is 0 Å². The van der Waals surface area contributed by atoms with Gasteiger partial charge in [0, 0.05) is 0 Å². The van der Waals surface area contributed by atoms with E-state index >= 15 is 0 Å². The molecule has 7 nitrogen and oxygen atoms in total. The van der Waals surface area contributed by atoms with E-state index in [4.69, 9.17) is 19.2 Å². The zero-order valence-corrected chi connectivity index (χ0v) is 13.7. The van der Waals surface area contributed by atoms with Crippen LogP contribution in [0.4, 0.5) is 0 Å². The molecule has 0 bridgehead atoms. The SMILES string of the molecule is [O]=[Ga][Ga]([OH])[Ga]([OH])[C@@H](O)[C@H](O)C(=O)O. The summed E-state index contributed by atoms with van der Waals surface area (Å²) in [5.41, 5.74) is 0. The van der Waals surface area contributed by atoms with Crippen LogP contribution in [0.5, 0.6) is 0 Å². The Labute approximate surface area is 87.7 Å². The molecule has 13 heavy (non-hydrogen) atoms. The van der Waals surface area contributed by atoms with E-state index in [1.54, 1.807) is 0 Å². The van der Waals surface area contributed by atoms with Crippen LogP contribution in [0, 0.1) is 0 Å². The molecule has 0 rings (SSSR count). The number of aliphatic hydroxyl groups is 2. The van der Waals surface area contributed by atoms with E-state index < -0.39 is 56.9 Å². The molecular formula is C3H7Ga3O7. The van der Waals surface area contributed by atoms with E-state index in [9.17, 15) is 12.2 Å². The topological polar surface area (TPSA) is 135 Å². The van der Waals surface area contributed by atoms with Gasteiger partial charge >= 0.3 is 88.3 Å². The summed E-state index contributed by atoms with van der Waals surface area (Å²) in [4.78, 5) is 10.1. The first kappa shape index (κ1) is 14.0. The van der Waals surface area contributed by atoms with Gasteiger partial charge in [-0.05, 0) is 0 Å². The van der Waals surface area contributed by atoms with Crippen molar-refractivity contribution in [1.29, 1.82) is 0 Å². The summed E-state index contributed by atoms with van der Waals surface area (Å²) >= 11 is -8.86. The number of rotatable bonds is 5. The van der Waals surface area contributed by atoms with Crippen molar-refractivity contribution in [2.24, 2.45) is 0 Å². The number of carboxylic acids is 1. The summed E-state index contributed by atoms with van der Waals surface area (Å²) in [6, 6.07) is 0. The van der Waals surface area contributed by atoms with Gasteiger partial charge in [-0.25, -0.2) is 0 Å². The number of hydrogen-bond donors (Lipinski definition) is 5. The van der Waals surface area contributed by atoms with E-state index in [0.29, 0.717) is 0 Å². The second-order valence-corrected chi connectivity index (χ2v) is 51.4. The maximum absolute atomic E-state index is 10.3. The van der Waals surface area contributed by atoms with Gasteiger partial charge in [0.25, 0.3) is 0 Å². The Morgan fingerprint density at radius 1 is 1.31 bits per heavy atom. The molecule has 0 aliphatic rings. The van der Waals surface area contributed by atoms with Gasteiger partial charge in [0.2, 0.25) is 0 Å². The number of aliphatic hydroxyl groups excluding tert-OH is 2. The summed E-state index contributed by atoms with van der Waals surface area (Å²) in [5.74, 6) is -1.65. The molecule has 0 heterocycles. The van der Waals surface area contributed by atoms with Crippen molar-refractivity contribution >= 4 is 46.1 Å². The number of aliphatic carboxylic acids is 1. The van der Waals surface area contributed by atoms with Gasteiger partial charge < -0.3 is 0 Å². The summed E-state index contributed by atoms with van der Waals surface area (Å²) in [5, 5.41) is 26.1. The van der Waals surface area contributed by atoms with Crippen molar-refractivity contribution in [3.63, 3.8) is 0 Å². The standard InChI is InChI=1S/C3H5O4.3Ga.2H2O.O/c4-1-2(5)3(6)7;;;;;;/h1-2,4-5H,(H,6,7);;;;2*1H2;/q;;2*+1;;;/p-2/t2-;;;;;;/m0....../s1. The first-order chi connectivity index (χ1) is 5.91. The number of carbonyl (C=O) groups is 1. The molecule has 0 aromatic carbocycles. The van der Waals surface area contributed by atoms with Crippen LogP contribution in [0.3, 0.4) is 0 Å². The first-order valence-corrected chi connectivity index (χ1v) is 25.2. The molecule has 70 valence electrons. The van der Waals surface area contributed by atoms with E-state index in [2.05, 4.69) is 0 Å². The van der Waals surface area contributed by atoms with Crippen LogP contribution in [0.2, 0.25) is 0 Å². The summed E-state index contributed by atoms with van der Waals surface area (Å²) < 4.78 is 26.8. The minimum atomic E-state index is -3.56. The predicted molar refractivity (Wildman–Crippen MR) is 42.0 cm³/mol. The van der Waals surface area contributed by atoms with Crippen LogP contribution < -0.4 is 0 Å². The molecule has 5 N–H and O–H groups in total. The molecule has 0 fully saturated rings. The third kappa shape index (κ3) is 4.37. The number of carboxylic acid groups (broad SMARTS) is 1. The quantitative estimate of drug-likeness (QED) is 0.313. The molecular weight excluding hydrogens is 357 g/mol. The Morgan fingerprint density at radius 2 is 1.77 bits per heavy atom. The molecule has 0 amide bonds. The van der Waals surface area contributed by atoms with Gasteiger partial charge in [0.1, 0.15) is 0 Å². The van der Waals surface area contributed by atoms with Crippen molar-refractivity contribution in [1.82, 2.24) is 0 Å². The fourth-order valence-electron chi connectivity index (χ4n) is 0.615. The van der Waals surface area contributed by atoms with Crippen LogP contribution in [-0.4, -0.2) is 80.0 Å². The average molecular weight is 364 g/mol. The van der Waals surface area contributed by atoms with Crippen molar-refractivity contribution < 1.29 is 31.5 Å². The van der Waals surface area contributed by atoms with Crippen LogP contribution in [0.15, 0.2) is 0 Å². The second-order valence-electron chi connectivity index (χ2n) is 2.39. The third-order valence-corrected chi connectivity index (χ3v) is 51.9. The van der Waals surface area contributed by atoms with Gasteiger partial charge in [-0.3, -0.25) is 0 Å². The Morgan fingerprint density at radius 3 is 2.08 bits per heavy atom. The van der Waals surface area contributed by atoms with E-state index in [1.807, 2.05) is 0 Å². The second kappa shape index (κ2) is 6.49. The van der Waals surface area contributed by atoms with Crippen molar-refractivity contribution in [2.45, 2.75) is 10.8 Å². The summed E-state index contributed by atoms with van der Waals surface area (Å²) in [6.45, 7) is 0. The Balaban J connectivity index is 4.32. The minimum absolute atomic E-state index is 1.65. The van der Waals surface area contributed by atoms with Crippen LogP contribution in [0.1, 0.15) is 0 Å². The monoisotopic (exact) mass is 362 g/mol. The predicted octanol–water partition coefficient (Wildman–Crippen LogP) is -4.08. The molecule has 2 atom stereocenters. The fraction of sp³-hybridized carbons (Fsp3) is 0.667. The summed E-state index contributed by atoms with van der Waals surface area (Å²) in [7, 11) is 0. The zero-order valence-electron chi connectivity index (χ0n) is 6.44. The molecule has 0 saturated carbocycles. The van der Waals surface area contributed by atoms with Gasteiger partial charge in [-0.1, -0.05) is 0 Å². The molecule has 0 spiro atoms. The molecule has 0 aromatic rings. The van der Waals surface area contributed by atoms with E-state index in [0.717, 1.165) is 0 Å². The van der Waals surface area contributed by atoms with E-state index in [-0.39, 0.29) is 0 Å². The molecule has 0 radical (unpaired) electrons. The zero-order chi connectivity index (χ0) is 10.6. The van der Waals surface area contributed by atoms with Crippen molar-refractivity contribution in [3.8, 4) is 0 Å². The maximum atomic E-state index is 10.3. The van der Waals surface area contributed by atoms with Gasteiger partial charge in [0.05, 0.1) is 0 Å². The normalized spacial score (nSPS) is 14.2. The van der Waals surface area contributed by atoms with Crippen molar-refractivity contribution in [3.05, 3.63) is 0 Å². The molecule has 0 aliphatic heterocycles. The van der Waals surface area contributed by atoms with Crippen LogP contribution in [0.25, 0.3) is 0 Å². The molecule has 10 heteroatoms. The van der Waals surface area contributed by atoms with Gasteiger partial charge in [-0.15, -0.1) is 0 Å². The Bertz CT molecular complexity index is 197. The summed E-state index contributed by atoms with van der Waals surface area (Å²) in [6.07, 6.45) is -2.07. The number of hydrogen-bond acceptors (Lipinski definition) is 6. The average Bonchev–Trinajstić information content (AvgIpc) is 2.12. The Hall–Kier alpha value is 1.02. The molecule has 0 aliphatic carbocycles. The molecule has 0 saturated heterocycles.